The Labute approximate surface area is 120 Å². The zero-order valence-corrected chi connectivity index (χ0v) is 12.3. The third kappa shape index (κ3) is 4.25. The minimum atomic E-state index is -0.773. The molecule has 1 fully saturated rings. The molecule has 1 heterocycles. The third-order valence-electron chi connectivity index (χ3n) is 4.00. The van der Waals surface area contributed by atoms with Gasteiger partial charge in [0.2, 0.25) is 0 Å². The third-order valence-corrected chi connectivity index (χ3v) is 4.00. The van der Waals surface area contributed by atoms with Gasteiger partial charge in [0.15, 0.2) is 11.6 Å². The van der Waals surface area contributed by atoms with Gasteiger partial charge in [-0.05, 0) is 49.5 Å². The fraction of sp³-hybridized carbons (Fsp3) is 0.625. The van der Waals surface area contributed by atoms with Crippen molar-refractivity contribution in [2.24, 2.45) is 5.92 Å². The highest BCUT2D eigenvalue weighted by molar-refractivity contribution is 5.17. The van der Waals surface area contributed by atoms with Gasteiger partial charge in [0.1, 0.15) is 0 Å². The van der Waals surface area contributed by atoms with E-state index in [4.69, 9.17) is 0 Å². The van der Waals surface area contributed by atoms with Crippen LogP contribution in [0.4, 0.5) is 8.78 Å². The largest absolute Gasteiger partial charge is 0.314 e. The zero-order valence-electron chi connectivity index (χ0n) is 12.3. The van der Waals surface area contributed by atoms with Gasteiger partial charge in [-0.25, -0.2) is 8.78 Å². The van der Waals surface area contributed by atoms with Crippen LogP contribution in [-0.4, -0.2) is 30.6 Å². The average molecular weight is 282 g/mol. The van der Waals surface area contributed by atoms with E-state index in [1.54, 1.807) is 6.07 Å². The van der Waals surface area contributed by atoms with Crippen LogP contribution in [0.3, 0.4) is 0 Å². The molecular weight excluding hydrogens is 258 g/mol. The predicted molar refractivity (Wildman–Crippen MR) is 77.5 cm³/mol. The van der Waals surface area contributed by atoms with E-state index in [2.05, 4.69) is 24.1 Å². The molecule has 0 amide bonds. The Balaban J connectivity index is 2.00. The van der Waals surface area contributed by atoms with Crippen LogP contribution in [0.1, 0.15) is 32.3 Å². The van der Waals surface area contributed by atoms with E-state index < -0.39 is 11.6 Å². The van der Waals surface area contributed by atoms with Gasteiger partial charge in [0.05, 0.1) is 0 Å². The lowest BCUT2D eigenvalue weighted by molar-refractivity contribution is 0.190. The van der Waals surface area contributed by atoms with Gasteiger partial charge in [-0.3, -0.25) is 4.90 Å². The second-order valence-electron chi connectivity index (χ2n) is 5.89. The Morgan fingerprint density at radius 3 is 2.80 bits per heavy atom. The molecule has 0 aromatic heterocycles. The number of rotatable bonds is 3. The molecule has 2 unspecified atom stereocenters. The first-order chi connectivity index (χ1) is 9.58. The van der Waals surface area contributed by atoms with Crippen molar-refractivity contribution >= 4 is 0 Å². The molecule has 0 radical (unpaired) electrons. The molecule has 2 rings (SSSR count). The Kier molecular flexibility index (Phi) is 5.49. The lowest BCUT2D eigenvalue weighted by atomic mass is 10.0. The maximum absolute atomic E-state index is 13.3. The van der Waals surface area contributed by atoms with Gasteiger partial charge < -0.3 is 5.32 Å². The number of nitrogens with one attached hydrogen (secondary N) is 1. The van der Waals surface area contributed by atoms with E-state index in [0.29, 0.717) is 18.5 Å². The minimum Gasteiger partial charge on any atom is -0.314 e. The van der Waals surface area contributed by atoms with E-state index in [1.165, 1.54) is 12.1 Å². The lowest BCUT2D eigenvalue weighted by Crippen LogP contribution is -2.43. The second-order valence-corrected chi connectivity index (χ2v) is 5.89. The predicted octanol–water partition coefficient (Wildman–Crippen LogP) is 3.17. The molecule has 1 saturated heterocycles. The quantitative estimate of drug-likeness (QED) is 0.916. The molecule has 1 aromatic rings. The van der Waals surface area contributed by atoms with Gasteiger partial charge in [0.25, 0.3) is 0 Å². The highest BCUT2D eigenvalue weighted by Gasteiger charge is 2.18. The first kappa shape index (κ1) is 15.4. The number of halogens is 2. The van der Waals surface area contributed by atoms with Crippen LogP contribution in [0, 0.1) is 17.6 Å². The fourth-order valence-corrected chi connectivity index (χ4v) is 2.79. The molecule has 0 spiro atoms. The van der Waals surface area contributed by atoms with Gasteiger partial charge in [0, 0.05) is 19.1 Å². The second kappa shape index (κ2) is 7.14. The molecule has 1 aromatic carbocycles. The molecule has 2 nitrogen and oxygen atoms in total. The summed E-state index contributed by atoms with van der Waals surface area (Å²) in [5.74, 6) is -0.963. The van der Waals surface area contributed by atoms with Gasteiger partial charge in [-0.2, -0.15) is 0 Å². The summed E-state index contributed by atoms with van der Waals surface area (Å²) in [6, 6.07) is 4.77. The molecule has 1 aliphatic rings. The molecule has 4 heteroatoms. The van der Waals surface area contributed by atoms with Crippen molar-refractivity contribution in [1.29, 1.82) is 0 Å². The lowest BCUT2D eigenvalue weighted by Gasteiger charge is -2.32. The molecule has 0 aliphatic carbocycles. The Bertz CT molecular complexity index is 436. The van der Waals surface area contributed by atoms with Crippen molar-refractivity contribution in [3.8, 4) is 0 Å². The SMILES string of the molecule is CCC1CCN(Cc2ccc(F)c(F)c2)CC(C)CN1. The normalized spacial score (nSPS) is 25.2. The van der Waals surface area contributed by atoms with E-state index >= 15 is 0 Å². The van der Waals surface area contributed by atoms with Gasteiger partial charge >= 0.3 is 0 Å². The first-order valence-corrected chi connectivity index (χ1v) is 7.48. The van der Waals surface area contributed by atoms with E-state index in [1.807, 2.05) is 0 Å². The van der Waals surface area contributed by atoms with Crippen LogP contribution in [0.5, 0.6) is 0 Å². The monoisotopic (exact) mass is 282 g/mol. The van der Waals surface area contributed by atoms with Gasteiger partial charge in [-0.1, -0.05) is 19.9 Å². The van der Waals surface area contributed by atoms with Crippen LogP contribution in [0.25, 0.3) is 0 Å². The zero-order chi connectivity index (χ0) is 14.5. The highest BCUT2D eigenvalue weighted by atomic mass is 19.2. The van der Waals surface area contributed by atoms with Gasteiger partial charge in [-0.15, -0.1) is 0 Å². The molecule has 1 N–H and O–H groups in total. The van der Waals surface area contributed by atoms with Crippen molar-refractivity contribution in [1.82, 2.24) is 10.2 Å². The van der Waals surface area contributed by atoms with E-state index in [9.17, 15) is 8.78 Å². The summed E-state index contributed by atoms with van der Waals surface area (Å²) in [4.78, 5) is 2.35. The van der Waals surface area contributed by atoms with E-state index in [-0.39, 0.29) is 0 Å². The number of hydrogen-bond donors (Lipinski definition) is 1. The van der Waals surface area contributed by atoms with Crippen LogP contribution in [-0.2, 0) is 6.54 Å². The Morgan fingerprint density at radius 1 is 1.30 bits per heavy atom. The van der Waals surface area contributed by atoms with Crippen LogP contribution in [0.2, 0.25) is 0 Å². The first-order valence-electron chi connectivity index (χ1n) is 7.48. The standard InChI is InChI=1S/C16H24F2N2/c1-3-14-6-7-20(10-12(2)9-19-14)11-13-4-5-15(17)16(18)8-13/h4-5,8,12,14,19H,3,6-7,9-11H2,1-2H3. The fourth-order valence-electron chi connectivity index (χ4n) is 2.79. The van der Waals surface area contributed by atoms with Crippen molar-refractivity contribution in [2.45, 2.75) is 39.3 Å². The molecule has 0 saturated carbocycles. The molecule has 1 aliphatic heterocycles. The minimum absolute atomic E-state index is 0.560. The van der Waals surface area contributed by atoms with Crippen LogP contribution in [0.15, 0.2) is 18.2 Å². The number of hydrogen-bond acceptors (Lipinski definition) is 2. The summed E-state index contributed by atoms with van der Waals surface area (Å²) in [7, 11) is 0. The summed E-state index contributed by atoms with van der Waals surface area (Å²) in [6.07, 6.45) is 2.23. The smallest absolute Gasteiger partial charge is 0.159 e. The molecule has 20 heavy (non-hydrogen) atoms. The van der Waals surface area contributed by atoms with Crippen LogP contribution >= 0.6 is 0 Å². The summed E-state index contributed by atoms with van der Waals surface area (Å²) >= 11 is 0. The van der Waals surface area contributed by atoms with Crippen molar-refractivity contribution in [3.63, 3.8) is 0 Å². The van der Waals surface area contributed by atoms with E-state index in [0.717, 1.165) is 38.0 Å². The summed E-state index contributed by atoms with van der Waals surface area (Å²) in [6.45, 7) is 8.12. The Hall–Kier alpha value is -1.00. The summed E-state index contributed by atoms with van der Waals surface area (Å²) in [5, 5.41) is 3.59. The maximum Gasteiger partial charge on any atom is 0.159 e. The number of nitrogens with zero attached hydrogens (tertiary/aromatic N) is 1. The topological polar surface area (TPSA) is 15.3 Å². The maximum atomic E-state index is 13.3. The molecule has 2 atom stereocenters. The molecule has 112 valence electrons. The average Bonchev–Trinajstić information content (AvgIpc) is 2.40. The van der Waals surface area contributed by atoms with Crippen molar-refractivity contribution < 1.29 is 8.78 Å². The van der Waals surface area contributed by atoms with Crippen molar-refractivity contribution in [2.75, 3.05) is 19.6 Å². The van der Waals surface area contributed by atoms with Crippen LogP contribution < -0.4 is 5.32 Å². The van der Waals surface area contributed by atoms with Crippen molar-refractivity contribution in [3.05, 3.63) is 35.4 Å². The summed E-state index contributed by atoms with van der Waals surface area (Å²) in [5.41, 5.74) is 0.845. The highest BCUT2D eigenvalue weighted by Crippen LogP contribution is 2.15. The molecular formula is C16H24F2N2. The number of benzene rings is 1. The molecule has 0 bridgehead atoms. The summed E-state index contributed by atoms with van der Waals surface area (Å²) < 4.78 is 26.2. The Morgan fingerprint density at radius 2 is 2.10 bits per heavy atom.